The zero-order chi connectivity index (χ0) is 22.2. The lowest BCUT2D eigenvalue weighted by Gasteiger charge is -2.34. The quantitative estimate of drug-likeness (QED) is 0.491. The third-order valence-corrected chi connectivity index (χ3v) is 7.01. The van der Waals surface area contributed by atoms with Crippen LogP contribution in [-0.2, 0) is 24.3 Å². The summed E-state index contributed by atoms with van der Waals surface area (Å²) in [5.74, 6) is 0.924. The molecule has 1 aliphatic rings. The predicted octanol–water partition coefficient (Wildman–Crippen LogP) is 3.07. The van der Waals surface area contributed by atoms with Gasteiger partial charge in [0.2, 0.25) is 5.91 Å². The van der Waals surface area contributed by atoms with Gasteiger partial charge in [-0.3, -0.25) is 14.5 Å². The lowest BCUT2D eigenvalue weighted by molar-refractivity contribution is -0.124. The van der Waals surface area contributed by atoms with Gasteiger partial charge in [-0.1, -0.05) is 24.3 Å². The monoisotopic (exact) mass is 446 g/mol. The number of aromatic amines is 1. The van der Waals surface area contributed by atoms with Crippen LogP contribution < -0.4 is 16.0 Å². The Morgan fingerprint density at radius 3 is 2.69 bits per heavy atom. The topological polar surface area (TPSA) is 101 Å². The van der Waals surface area contributed by atoms with E-state index in [-0.39, 0.29) is 11.5 Å². The maximum Gasteiger partial charge on any atom is 0.268 e. The highest BCUT2D eigenvalue weighted by Gasteiger charge is 2.30. The van der Waals surface area contributed by atoms with Crippen molar-refractivity contribution in [3.8, 4) is 16.2 Å². The first-order chi connectivity index (χ1) is 15.5. The second-order valence-corrected chi connectivity index (χ2v) is 8.91. The molecule has 8 heteroatoms. The lowest BCUT2D eigenvalue weighted by atomic mass is 9.93. The molecule has 1 amide bonds. The molecule has 4 aromatic rings. The molecular formula is C24H22N4O3S. The minimum Gasteiger partial charge on any atom is -0.497 e. The van der Waals surface area contributed by atoms with Crippen LogP contribution in [0.3, 0.4) is 0 Å². The van der Waals surface area contributed by atoms with E-state index in [0.29, 0.717) is 35.6 Å². The van der Waals surface area contributed by atoms with Gasteiger partial charge >= 0.3 is 0 Å². The maximum atomic E-state index is 12.8. The molecule has 3 N–H and O–H groups in total. The van der Waals surface area contributed by atoms with Crippen molar-refractivity contribution in [3.63, 3.8) is 0 Å². The minimum absolute atomic E-state index is 0.178. The number of nitrogens with two attached hydrogens (primary N) is 1. The average molecular weight is 447 g/mol. The summed E-state index contributed by atoms with van der Waals surface area (Å²) in [5.41, 5.74) is 9.45. The van der Waals surface area contributed by atoms with Crippen LogP contribution in [0.1, 0.15) is 17.0 Å². The van der Waals surface area contributed by atoms with Gasteiger partial charge in [0.25, 0.3) is 5.56 Å². The number of H-pyrrole nitrogens is 1. The number of carbonyl (C=O) groups excluding carboxylic acids is 1. The Bertz CT molecular complexity index is 1360. The van der Waals surface area contributed by atoms with E-state index in [2.05, 4.69) is 11.1 Å². The van der Waals surface area contributed by atoms with Crippen LogP contribution in [0.15, 0.2) is 59.4 Å². The summed E-state index contributed by atoms with van der Waals surface area (Å²) in [4.78, 5) is 35.4. The van der Waals surface area contributed by atoms with E-state index < -0.39 is 6.04 Å². The molecule has 0 saturated carbocycles. The fourth-order valence-corrected chi connectivity index (χ4v) is 5.17. The van der Waals surface area contributed by atoms with E-state index in [4.69, 9.17) is 15.5 Å². The molecule has 5 rings (SSSR count). The fourth-order valence-electron chi connectivity index (χ4n) is 4.18. The van der Waals surface area contributed by atoms with Crippen LogP contribution in [0.25, 0.3) is 20.7 Å². The Morgan fingerprint density at radius 1 is 1.22 bits per heavy atom. The fraction of sp³-hybridized carbons (Fsp3) is 0.208. The van der Waals surface area contributed by atoms with Gasteiger partial charge in [-0.25, -0.2) is 4.98 Å². The SMILES string of the molecule is COc1ccc(-c2cc3nc(CN4Cc5ccccc5C[C@H]4C(N)=O)[nH]c(=O)c3s2)cc1. The number of hydrogen-bond acceptors (Lipinski definition) is 6. The van der Waals surface area contributed by atoms with Crippen molar-refractivity contribution in [1.29, 1.82) is 0 Å². The maximum absolute atomic E-state index is 12.8. The first-order valence-electron chi connectivity index (χ1n) is 10.3. The highest BCUT2D eigenvalue weighted by molar-refractivity contribution is 7.22. The third-order valence-electron chi connectivity index (χ3n) is 5.83. The van der Waals surface area contributed by atoms with E-state index in [0.717, 1.165) is 27.3 Å². The Hall–Kier alpha value is -3.49. The van der Waals surface area contributed by atoms with Crippen molar-refractivity contribution < 1.29 is 9.53 Å². The molecule has 0 spiro atoms. The Morgan fingerprint density at radius 2 is 1.97 bits per heavy atom. The number of primary amides is 1. The van der Waals surface area contributed by atoms with Crippen molar-refractivity contribution in [3.05, 3.63) is 81.9 Å². The van der Waals surface area contributed by atoms with Crippen molar-refractivity contribution in [1.82, 2.24) is 14.9 Å². The largest absolute Gasteiger partial charge is 0.497 e. The number of benzene rings is 2. The Kier molecular flexibility index (Phi) is 5.24. The summed E-state index contributed by atoms with van der Waals surface area (Å²) >= 11 is 1.41. The highest BCUT2D eigenvalue weighted by atomic mass is 32.1. The van der Waals surface area contributed by atoms with Crippen LogP contribution in [0, 0.1) is 0 Å². The van der Waals surface area contributed by atoms with Gasteiger partial charge in [0.05, 0.1) is 25.2 Å². The Labute approximate surface area is 188 Å². The molecule has 2 aromatic carbocycles. The van der Waals surface area contributed by atoms with E-state index in [1.807, 2.05) is 53.4 Å². The molecule has 2 aromatic heterocycles. The summed E-state index contributed by atoms with van der Waals surface area (Å²) in [6.45, 7) is 0.910. The molecule has 0 bridgehead atoms. The molecule has 0 aliphatic carbocycles. The molecule has 0 saturated heterocycles. The van der Waals surface area contributed by atoms with Gasteiger partial charge in [-0.2, -0.15) is 0 Å². The van der Waals surface area contributed by atoms with Gasteiger partial charge in [-0.15, -0.1) is 11.3 Å². The number of rotatable bonds is 5. The highest BCUT2D eigenvalue weighted by Crippen LogP contribution is 2.32. The number of hydrogen-bond donors (Lipinski definition) is 2. The zero-order valence-corrected chi connectivity index (χ0v) is 18.3. The lowest BCUT2D eigenvalue weighted by Crippen LogP contribution is -2.48. The minimum atomic E-state index is -0.441. The Balaban J connectivity index is 1.46. The van der Waals surface area contributed by atoms with Crippen LogP contribution in [0.5, 0.6) is 5.75 Å². The number of ether oxygens (including phenoxy) is 1. The molecule has 1 aliphatic heterocycles. The van der Waals surface area contributed by atoms with Crippen molar-refractivity contribution in [2.24, 2.45) is 5.73 Å². The normalized spacial score (nSPS) is 16.1. The van der Waals surface area contributed by atoms with Gasteiger partial charge in [0.1, 0.15) is 16.3 Å². The summed E-state index contributed by atoms with van der Waals surface area (Å²) in [5, 5.41) is 0. The standard InChI is InChI=1S/C24H22N4O3S/c1-31-17-8-6-14(7-9-17)20-11-18-22(32-20)24(30)27-21(26-18)13-28-12-16-5-3-2-4-15(16)10-19(28)23(25)29/h2-9,11,19H,10,12-13H2,1H3,(H2,25,29)(H,26,27,30)/t19-/m0/s1. The summed E-state index contributed by atoms with van der Waals surface area (Å²) in [6.07, 6.45) is 0.554. The van der Waals surface area contributed by atoms with Gasteiger partial charge in [0.15, 0.2) is 0 Å². The van der Waals surface area contributed by atoms with Crippen molar-refractivity contribution in [2.75, 3.05) is 7.11 Å². The number of thiophene rings is 1. The molecule has 162 valence electrons. The second-order valence-electron chi connectivity index (χ2n) is 7.86. The number of amides is 1. The smallest absolute Gasteiger partial charge is 0.268 e. The molecule has 3 heterocycles. The number of aromatic nitrogens is 2. The van der Waals surface area contributed by atoms with Gasteiger partial charge in [0, 0.05) is 11.4 Å². The van der Waals surface area contributed by atoms with Crippen LogP contribution >= 0.6 is 11.3 Å². The first kappa shape index (κ1) is 20.4. The second kappa shape index (κ2) is 8.22. The van der Waals surface area contributed by atoms with Gasteiger partial charge in [-0.05, 0) is 53.4 Å². The van der Waals surface area contributed by atoms with Crippen LogP contribution in [-0.4, -0.2) is 33.9 Å². The molecular weight excluding hydrogens is 424 g/mol. The van der Waals surface area contributed by atoms with Crippen molar-refractivity contribution in [2.45, 2.75) is 25.6 Å². The zero-order valence-electron chi connectivity index (χ0n) is 17.5. The van der Waals surface area contributed by atoms with Crippen molar-refractivity contribution >= 4 is 27.5 Å². The molecule has 1 atom stereocenters. The van der Waals surface area contributed by atoms with E-state index in [1.54, 1.807) is 7.11 Å². The van der Waals surface area contributed by atoms with E-state index in [9.17, 15) is 9.59 Å². The number of nitrogens with one attached hydrogen (secondary N) is 1. The number of methoxy groups -OCH3 is 1. The number of nitrogens with zero attached hydrogens (tertiary/aromatic N) is 2. The molecule has 32 heavy (non-hydrogen) atoms. The summed E-state index contributed by atoms with van der Waals surface area (Å²) in [6, 6.07) is 17.2. The number of carbonyl (C=O) groups is 1. The molecule has 0 fully saturated rings. The van der Waals surface area contributed by atoms with Gasteiger partial charge < -0.3 is 15.5 Å². The number of fused-ring (bicyclic) bond motifs is 2. The summed E-state index contributed by atoms with van der Waals surface area (Å²) in [7, 11) is 1.63. The molecule has 0 radical (unpaired) electrons. The van der Waals surface area contributed by atoms with E-state index >= 15 is 0 Å². The predicted molar refractivity (Wildman–Crippen MR) is 125 cm³/mol. The average Bonchev–Trinajstić information content (AvgIpc) is 3.23. The molecule has 0 unspecified atom stereocenters. The third kappa shape index (κ3) is 3.79. The molecule has 7 nitrogen and oxygen atoms in total. The van der Waals surface area contributed by atoms with Crippen LogP contribution in [0.2, 0.25) is 0 Å². The van der Waals surface area contributed by atoms with E-state index in [1.165, 1.54) is 11.3 Å². The summed E-state index contributed by atoms with van der Waals surface area (Å²) < 4.78 is 5.80. The first-order valence-corrected chi connectivity index (χ1v) is 11.1. The van der Waals surface area contributed by atoms with Crippen LogP contribution in [0.4, 0.5) is 0 Å².